The maximum Gasteiger partial charge on any atom is 0.413 e. The molecule has 7 heteroatoms. The maximum absolute atomic E-state index is 11.1. The fourth-order valence-electron chi connectivity index (χ4n) is 1.68. The summed E-state index contributed by atoms with van der Waals surface area (Å²) in [5, 5.41) is 5.45. The molecule has 0 spiro atoms. The van der Waals surface area contributed by atoms with Gasteiger partial charge in [-0.15, -0.1) is 0 Å². The van der Waals surface area contributed by atoms with Crippen LogP contribution in [-0.4, -0.2) is 24.5 Å². The summed E-state index contributed by atoms with van der Waals surface area (Å²) in [6, 6.07) is 15.2. The number of ether oxygens (including phenoxy) is 1. The Labute approximate surface area is 147 Å². The van der Waals surface area contributed by atoms with E-state index in [0.717, 1.165) is 10.0 Å². The van der Waals surface area contributed by atoms with Gasteiger partial charge in [-0.1, -0.05) is 40.2 Å². The molecule has 2 rings (SSSR count). The first-order valence-corrected chi connectivity index (χ1v) is 7.83. The number of carbonyl (C=O) groups is 1. The van der Waals surface area contributed by atoms with Crippen molar-refractivity contribution in [1.29, 1.82) is 0 Å². The topological polar surface area (TPSA) is 62.7 Å². The van der Waals surface area contributed by atoms with Crippen molar-refractivity contribution in [3.05, 3.63) is 58.6 Å². The van der Waals surface area contributed by atoms with Gasteiger partial charge in [0.2, 0.25) is 0 Å². The Hall–Kier alpha value is -2.25. The molecule has 118 valence electrons. The summed E-state index contributed by atoms with van der Waals surface area (Å²) in [6.07, 6.45) is 1.13. The summed E-state index contributed by atoms with van der Waals surface area (Å²) in [5.74, 6) is 0. The summed E-state index contributed by atoms with van der Waals surface area (Å²) < 4.78 is 5.50. The fraction of sp³-hybridized carbons (Fsp3) is 0.0625. The first-order valence-electron chi connectivity index (χ1n) is 6.63. The molecule has 2 aromatic rings. The molecule has 0 aliphatic carbocycles. The molecule has 2 N–H and O–H groups in total. The normalized spacial score (nSPS) is 10.3. The number of nitrogens with zero attached hydrogens (tertiary/aromatic N) is 1. The molecule has 0 fully saturated rings. The van der Waals surface area contributed by atoms with Crippen molar-refractivity contribution in [2.24, 2.45) is 4.99 Å². The van der Waals surface area contributed by atoms with Crippen molar-refractivity contribution in [2.45, 2.75) is 0 Å². The van der Waals surface area contributed by atoms with E-state index in [1.807, 2.05) is 48.5 Å². The first-order chi connectivity index (χ1) is 11.1. The number of anilines is 1. The lowest BCUT2D eigenvalue weighted by Gasteiger charge is -2.10. The smallest absolute Gasteiger partial charge is 0.413 e. The average molecular weight is 392 g/mol. The maximum atomic E-state index is 11.1. The first kappa shape index (κ1) is 17.1. The SMILES string of the molecule is COC(=O)NC(=S)Nc1ccccc1N=Cc1ccc(Br)cc1. The van der Waals surface area contributed by atoms with Gasteiger partial charge < -0.3 is 10.1 Å². The summed E-state index contributed by atoms with van der Waals surface area (Å²) in [7, 11) is 1.27. The number of aliphatic imine (C=N–C) groups is 1. The van der Waals surface area contributed by atoms with Gasteiger partial charge in [-0.25, -0.2) is 4.79 Å². The number of amides is 1. The fourth-order valence-corrected chi connectivity index (χ4v) is 2.14. The lowest BCUT2D eigenvalue weighted by Crippen LogP contribution is -2.33. The average Bonchev–Trinajstić information content (AvgIpc) is 2.55. The number of benzene rings is 2. The molecule has 0 heterocycles. The molecule has 1 amide bonds. The third-order valence-electron chi connectivity index (χ3n) is 2.78. The Balaban J connectivity index is 2.12. The van der Waals surface area contributed by atoms with Gasteiger partial charge in [-0.2, -0.15) is 0 Å². The second kappa shape index (κ2) is 8.40. The van der Waals surface area contributed by atoms with Gasteiger partial charge >= 0.3 is 6.09 Å². The summed E-state index contributed by atoms with van der Waals surface area (Å²) in [5.41, 5.74) is 2.35. The van der Waals surface area contributed by atoms with Crippen molar-refractivity contribution in [3.63, 3.8) is 0 Å². The van der Waals surface area contributed by atoms with Gasteiger partial charge in [-0.3, -0.25) is 10.3 Å². The Morgan fingerprint density at radius 2 is 1.91 bits per heavy atom. The zero-order valence-electron chi connectivity index (χ0n) is 12.2. The predicted molar refractivity (Wildman–Crippen MR) is 99.6 cm³/mol. The largest absolute Gasteiger partial charge is 0.453 e. The number of halogens is 1. The third kappa shape index (κ3) is 5.46. The minimum atomic E-state index is -0.627. The number of rotatable bonds is 3. The second-order valence-electron chi connectivity index (χ2n) is 4.40. The van der Waals surface area contributed by atoms with Gasteiger partial charge in [0.15, 0.2) is 5.11 Å². The van der Waals surface area contributed by atoms with Crippen LogP contribution in [0, 0.1) is 0 Å². The molecule has 2 aromatic carbocycles. The monoisotopic (exact) mass is 391 g/mol. The highest BCUT2D eigenvalue weighted by Gasteiger charge is 2.06. The highest BCUT2D eigenvalue weighted by molar-refractivity contribution is 9.10. The van der Waals surface area contributed by atoms with Gasteiger partial charge in [0.25, 0.3) is 0 Å². The molecular weight excluding hydrogens is 378 g/mol. The highest BCUT2D eigenvalue weighted by Crippen LogP contribution is 2.24. The van der Waals surface area contributed by atoms with E-state index in [2.05, 4.69) is 36.3 Å². The van der Waals surface area contributed by atoms with Gasteiger partial charge in [0, 0.05) is 10.7 Å². The van der Waals surface area contributed by atoms with Crippen molar-refractivity contribution in [2.75, 3.05) is 12.4 Å². The van der Waals surface area contributed by atoms with E-state index in [4.69, 9.17) is 12.2 Å². The molecule has 5 nitrogen and oxygen atoms in total. The number of thiocarbonyl (C=S) groups is 1. The van der Waals surface area contributed by atoms with Crippen LogP contribution in [0.15, 0.2) is 58.0 Å². The van der Waals surface area contributed by atoms with Crippen LogP contribution in [0.1, 0.15) is 5.56 Å². The zero-order valence-corrected chi connectivity index (χ0v) is 14.6. The van der Waals surface area contributed by atoms with Crippen molar-refractivity contribution >= 4 is 56.9 Å². The number of methoxy groups -OCH3 is 1. The van der Waals surface area contributed by atoms with Crippen LogP contribution in [0.3, 0.4) is 0 Å². The van der Waals surface area contributed by atoms with E-state index in [-0.39, 0.29) is 5.11 Å². The number of carbonyl (C=O) groups excluding carboxylic acids is 1. The molecule has 0 atom stereocenters. The van der Waals surface area contributed by atoms with E-state index < -0.39 is 6.09 Å². The van der Waals surface area contributed by atoms with Gasteiger partial charge in [0.05, 0.1) is 18.5 Å². The van der Waals surface area contributed by atoms with Crippen LogP contribution in [0.2, 0.25) is 0 Å². The second-order valence-corrected chi connectivity index (χ2v) is 5.72. The molecular formula is C16H14BrN3O2S. The molecule has 0 radical (unpaired) electrons. The van der Waals surface area contributed by atoms with Crippen molar-refractivity contribution < 1.29 is 9.53 Å². The van der Waals surface area contributed by atoms with E-state index in [1.165, 1.54) is 7.11 Å². The van der Waals surface area contributed by atoms with Crippen molar-refractivity contribution in [1.82, 2.24) is 5.32 Å². The van der Waals surface area contributed by atoms with E-state index in [1.54, 1.807) is 6.21 Å². The van der Waals surface area contributed by atoms with E-state index in [0.29, 0.717) is 11.4 Å². The molecule has 0 aromatic heterocycles. The number of hydrogen-bond acceptors (Lipinski definition) is 4. The lowest BCUT2D eigenvalue weighted by atomic mass is 10.2. The minimum Gasteiger partial charge on any atom is -0.453 e. The number of nitrogens with one attached hydrogen (secondary N) is 2. The predicted octanol–water partition coefficient (Wildman–Crippen LogP) is 4.25. The van der Waals surface area contributed by atoms with Crippen LogP contribution >= 0.6 is 28.1 Å². The van der Waals surface area contributed by atoms with Crippen LogP contribution in [0.25, 0.3) is 0 Å². The number of para-hydroxylation sites is 2. The van der Waals surface area contributed by atoms with E-state index in [9.17, 15) is 4.79 Å². The molecule has 0 saturated heterocycles. The number of alkyl carbamates (subject to hydrolysis) is 1. The summed E-state index contributed by atoms with van der Waals surface area (Å²) in [6.45, 7) is 0. The van der Waals surface area contributed by atoms with E-state index >= 15 is 0 Å². The third-order valence-corrected chi connectivity index (χ3v) is 3.51. The molecule has 0 aliphatic heterocycles. The molecule has 0 bridgehead atoms. The summed E-state index contributed by atoms with van der Waals surface area (Å²) >= 11 is 8.44. The van der Waals surface area contributed by atoms with Crippen LogP contribution < -0.4 is 10.6 Å². The Morgan fingerprint density at radius 1 is 1.22 bits per heavy atom. The molecule has 0 saturated carbocycles. The highest BCUT2D eigenvalue weighted by atomic mass is 79.9. The van der Waals surface area contributed by atoms with Gasteiger partial charge in [0.1, 0.15) is 0 Å². The molecule has 0 aliphatic rings. The standard InChI is InChI=1S/C16H14BrN3O2S/c1-22-16(21)20-15(23)19-14-5-3-2-4-13(14)18-10-11-6-8-12(17)9-7-11/h2-10H,1H3,(H2,19,20,21,23). The molecule has 23 heavy (non-hydrogen) atoms. The quantitative estimate of drug-likeness (QED) is 0.606. The van der Waals surface area contributed by atoms with Gasteiger partial charge in [-0.05, 0) is 42.0 Å². The molecule has 0 unspecified atom stereocenters. The minimum absolute atomic E-state index is 0.142. The van der Waals surface area contributed by atoms with Crippen molar-refractivity contribution in [3.8, 4) is 0 Å². The number of hydrogen-bond donors (Lipinski definition) is 2. The summed E-state index contributed by atoms with van der Waals surface area (Å²) in [4.78, 5) is 15.6. The van der Waals surface area contributed by atoms with Crippen LogP contribution in [-0.2, 0) is 4.74 Å². The lowest BCUT2D eigenvalue weighted by molar-refractivity contribution is 0.177. The Bertz CT molecular complexity index is 732. The van der Waals surface area contributed by atoms with Crippen LogP contribution in [0.5, 0.6) is 0 Å². The zero-order chi connectivity index (χ0) is 16.7. The van der Waals surface area contributed by atoms with Crippen LogP contribution in [0.4, 0.5) is 16.2 Å². The Kier molecular flexibility index (Phi) is 6.25. The Morgan fingerprint density at radius 3 is 2.61 bits per heavy atom.